The Bertz CT molecular complexity index is 712. The molecule has 0 fully saturated rings. The Balaban J connectivity index is 1.74. The molecule has 2 rings (SSSR count). The van der Waals surface area contributed by atoms with Gasteiger partial charge in [0.25, 0.3) is 5.91 Å². The van der Waals surface area contributed by atoms with E-state index >= 15 is 0 Å². The molecule has 0 saturated heterocycles. The molecule has 0 unspecified atom stereocenters. The Hall–Kier alpha value is -2.41. The van der Waals surface area contributed by atoms with E-state index in [-0.39, 0.29) is 18.9 Å². The number of hydrazine groups is 1. The highest BCUT2D eigenvalue weighted by atomic mass is 32.1. The normalized spacial score (nSPS) is 10.2. The van der Waals surface area contributed by atoms with Gasteiger partial charge < -0.3 is 4.74 Å². The van der Waals surface area contributed by atoms with Crippen LogP contribution in [0.1, 0.15) is 21.8 Å². The fourth-order valence-electron chi connectivity index (χ4n) is 1.88. The molecular formula is C16H19N3O3S. The number of carbonyl (C=O) groups is 2. The molecule has 1 aromatic carbocycles. The highest BCUT2D eigenvalue weighted by Crippen LogP contribution is 2.18. The van der Waals surface area contributed by atoms with Gasteiger partial charge in [-0.1, -0.05) is 12.1 Å². The van der Waals surface area contributed by atoms with Crippen molar-refractivity contribution in [3.63, 3.8) is 0 Å². The van der Waals surface area contributed by atoms with Crippen LogP contribution in [0.2, 0.25) is 0 Å². The predicted molar refractivity (Wildman–Crippen MR) is 88.3 cm³/mol. The average molecular weight is 333 g/mol. The molecule has 2 N–H and O–H groups in total. The Morgan fingerprint density at radius 3 is 2.61 bits per heavy atom. The molecule has 0 aliphatic heterocycles. The van der Waals surface area contributed by atoms with E-state index < -0.39 is 5.91 Å². The first-order chi connectivity index (χ1) is 10.9. The van der Waals surface area contributed by atoms with E-state index in [0.29, 0.717) is 11.4 Å². The molecule has 1 heterocycles. The topological polar surface area (TPSA) is 80.3 Å². The molecule has 0 aliphatic rings. The van der Waals surface area contributed by atoms with Crippen molar-refractivity contribution in [2.75, 3.05) is 6.61 Å². The molecule has 2 amide bonds. The van der Waals surface area contributed by atoms with Crippen molar-refractivity contribution in [1.82, 2.24) is 15.8 Å². The third kappa shape index (κ3) is 5.37. The van der Waals surface area contributed by atoms with Crippen LogP contribution in [0, 0.1) is 20.8 Å². The zero-order chi connectivity index (χ0) is 16.8. The maximum atomic E-state index is 11.7. The fraction of sp³-hybridized carbons (Fsp3) is 0.312. The summed E-state index contributed by atoms with van der Waals surface area (Å²) in [4.78, 5) is 27.6. The van der Waals surface area contributed by atoms with Gasteiger partial charge in [0.2, 0.25) is 5.91 Å². The zero-order valence-electron chi connectivity index (χ0n) is 13.3. The number of thiazole rings is 1. The van der Waals surface area contributed by atoms with Crippen molar-refractivity contribution in [3.05, 3.63) is 45.4 Å². The van der Waals surface area contributed by atoms with Crippen LogP contribution < -0.4 is 15.6 Å². The zero-order valence-corrected chi connectivity index (χ0v) is 14.1. The van der Waals surface area contributed by atoms with E-state index in [2.05, 4.69) is 15.8 Å². The third-order valence-electron chi connectivity index (χ3n) is 3.05. The van der Waals surface area contributed by atoms with Gasteiger partial charge in [0, 0.05) is 5.38 Å². The number of hydrogen-bond donors (Lipinski definition) is 2. The van der Waals surface area contributed by atoms with E-state index in [0.717, 1.165) is 16.1 Å². The standard InChI is InChI=1S/C16H19N3O3S/c1-10-4-5-11(2)14(6-10)22-8-16(21)19-18-15(20)7-13-9-23-12(3)17-13/h4-6,9H,7-8H2,1-3H3,(H,18,20)(H,19,21). The average Bonchev–Trinajstić information content (AvgIpc) is 2.91. The van der Waals surface area contributed by atoms with Crippen molar-refractivity contribution in [1.29, 1.82) is 0 Å². The van der Waals surface area contributed by atoms with Crippen LogP contribution in [0.15, 0.2) is 23.6 Å². The first-order valence-electron chi connectivity index (χ1n) is 7.13. The van der Waals surface area contributed by atoms with Crippen LogP contribution >= 0.6 is 11.3 Å². The Kier molecular flexibility index (Phi) is 5.70. The van der Waals surface area contributed by atoms with Gasteiger partial charge in [-0.2, -0.15) is 0 Å². The van der Waals surface area contributed by atoms with Crippen molar-refractivity contribution < 1.29 is 14.3 Å². The molecule has 122 valence electrons. The van der Waals surface area contributed by atoms with E-state index in [1.165, 1.54) is 11.3 Å². The van der Waals surface area contributed by atoms with Crippen molar-refractivity contribution >= 4 is 23.2 Å². The number of aromatic nitrogens is 1. The molecule has 0 bridgehead atoms. The SMILES string of the molecule is Cc1ccc(C)c(OCC(=O)NNC(=O)Cc2csc(C)n2)c1. The quantitative estimate of drug-likeness (QED) is 0.818. The summed E-state index contributed by atoms with van der Waals surface area (Å²) >= 11 is 1.48. The number of ether oxygens (including phenoxy) is 1. The van der Waals surface area contributed by atoms with Crippen LogP contribution in [-0.2, 0) is 16.0 Å². The van der Waals surface area contributed by atoms with E-state index in [1.807, 2.05) is 44.4 Å². The number of carbonyl (C=O) groups excluding carboxylic acids is 2. The molecule has 23 heavy (non-hydrogen) atoms. The Morgan fingerprint density at radius 1 is 1.17 bits per heavy atom. The van der Waals surface area contributed by atoms with Crippen LogP contribution in [0.3, 0.4) is 0 Å². The lowest BCUT2D eigenvalue weighted by molar-refractivity contribution is -0.129. The van der Waals surface area contributed by atoms with Crippen LogP contribution in [-0.4, -0.2) is 23.4 Å². The molecule has 0 atom stereocenters. The maximum absolute atomic E-state index is 11.7. The highest BCUT2D eigenvalue weighted by Gasteiger charge is 2.09. The highest BCUT2D eigenvalue weighted by molar-refractivity contribution is 7.09. The second kappa shape index (κ2) is 7.73. The summed E-state index contributed by atoms with van der Waals surface area (Å²) in [5, 5.41) is 2.72. The van der Waals surface area contributed by atoms with E-state index in [1.54, 1.807) is 0 Å². The number of nitrogens with zero attached hydrogens (tertiary/aromatic N) is 1. The third-order valence-corrected chi connectivity index (χ3v) is 3.87. The molecule has 7 heteroatoms. The molecule has 0 radical (unpaired) electrons. The molecular weight excluding hydrogens is 314 g/mol. The minimum atomic E-state index is -0.422. The molecule has 6 nitrogen and oxygen atoms in total. The summed E-state index contributed by atoms with van der Waals surface area (Å²) in [5.74, 6) is -0.0893. The molecule has 0 spiro atoms. The second-order valence-electron chi connectivity index (χ2n) is 5.19. The van der Waals surface area contributed by atoms with Gasteiger partial charge in [0.1, 0.15) is 5.75 Å². The number of benzene rings is 1. The van der Waals surface area contributed by atoms with Gasteiger partial charge in [0.15, 0.2) is 6.61 Å². The molecule has 0 aliphatic carbocycles. The first kappa shape index (κ1) is 17.0. The lowest BCUT2D eigenvalue weighted by Crippen LogP contribution is -2.44. The van der Waals surface area contributed by atoms with Crippen LogP contribution in [0.5, 0.6) is 5.75 Å². The maximum Gasteiger partial charge on any atom is 0.276 e. The lowest BCUT2D eigenvalue weighted by Gasteiger charge is -2.10. The van der Waals surface area contributed by atoms with E-state index in [9.17, 15) is 9.59 Å². The lowest BCUT2D eigenvalue weighted by atomic mass is 10.1. The monoisotopic (exact) mass is 333 g/mol. The van der Waals surface area contributed by atoms with Gasteiger partial charge in [-0.25, -0.2) is 4.98 Å². The first-order valence-corrected chi connectivity index (χ1v) is 8.01. The molecule has 0 saturated carbocycles. The predicted octanol–water partition coefficient (Wildman–Crippen LogP) is 1.84. The van der Waals surface area contributed by atoms with Crippen LogP contribution in [0.25, 0.3) is 0 Å². The summed E-state index contributed by atoms with van der Waals surface area (Å²) in [5.41, 5.74) is 7.36. The summed E-state index contributed by atoms with van der Waals surface area (Å²) in [6.45, 7) is 5.57. The van der Waals surface area contributed by atoms with Gasteiger partial charge in [-0.05, 0) is 38.0 Å². The largest absolute Gasteiger partial charge is 0.483 e. The van der Waals surface area contributed by atoms with Crippen molar-refractivity contribution in [2.24, 2.45) is 0 Å². The number of nitrogens with one attached hydrogen (secondary N) is 2. The summed E-state index contributed by atoms with van der Waals surface area (Å²) < 4.78 is 5.46. The summed E-state index contributed by atoms with van der Waals surface area (Å²) in [7, 11) is 0. The smallest absolute Gasteiger partial charge is 0.276 e. The molecule has 1 aromatic heterocycles. The van der Waals surface area contributed by atoms with Crippen molar-refractivity contribution in [2.45, 2.75) is 27.2 Å². The van der Waals surface area contributed by atoms with Gasteiger partial charge >= 0.3 is 0 Å². The van der Waals surface area contributed by atoms with Crippen LogP contribution in [0.4, 0.5) is 0 Å². The van der Waals surface area contributed by atoms with Gasteiger partial charge in [0.05, 0.1) is 17.1 Å². The van der Waals surface area contributed by atoms with E-state index in [4.69, 9.17) is 4.74 Å². The van der Waals surface area contributed by atoms with Crippen molar-refractivity contribution in [3.8, 4) is 5.75 Å². The fourth-order valence-corrected chi connectivity index (χ4v) is 2.49. The number of rotatable bonds is 5. The Morgan fingerprint density at radius 2 is 1.91 bits per heavy atom. The summed E-state index contributed by atoms with van der Waals surface area (Å²) in [6.07, 6.45) is 0.127. The minimum absolute atomic E-state index is 0.127. The number of amides is 2. The number of hydrogen-bond acceptors (Lipinski definition) is 5. The summed E-state index contributed by atoms with van der Waals surface area (Å²) in [6, 6.07) is 5.77. The molecule has 2 aromatic rings. The number of aryl methyl sites for hydroxylation is 3. The minimum Gasteiger partial charge on any atom is -0.483 e. The van der Waals surface area contributed by atoms with Gasteiger partial charge in [-0.15, -0.1) is 11.3 Å². The second-order valence-corrected chi connectivity index (χ2v) is 6.25. The van der Waals surface area contributed by atoms with Gasteiger partial charge in [-0.3, -0.25) is 20.4 Å². The Labute approximate surface area is 138 Å².